The van der Waals surface area contributed by atoms with Crippen LogP contribution in [0.2, 0.25) is 0 Å². The van der Waals surface area contributed by atoms with E-state index in [1.807, 2.05) is 7.05 Å². The molecular formula is C24H41N5. The maximum atomic E-state index is 4.37. The average molecular weight is 400 g/mol. The zero-order valence-electron chi connectivity index (χ0n) is 18.6. The van der Waals surface area contributed by atoms with Crippen LogP contribution in [0.1, 0.15) is 63.0 Å². The summed E-state index contributed by atoms with van der Waals surface area (Å²) in [5.74, 6) is 0.900. The first-order valence-electron chi connectivity index (χ1n) is 11.7. The minimum absolute atomic E-state index is 0.771. The molecule has 0 aromatic heterocycles. The SMILES string of the molecule is CN=C(NCCCCN1CCCCC1C)NCc1ccc(CN2CCCC2)cc1. The largest absolute Gasteiger partial charge is 0.356 e. The Balaban J connectivity index is 1.29. The van der Waals surface area contributed by atoms with Gasteiger partial charge in [-0.3, -0.25) is 9.89 Å². The fourth-order valence-corrected chi connectivity index (χ4v) is 4.50. The molecule has 1 aromatic carbocycles. The number of rotatable bonds is 9. The Morgan fingerprint density at radius 1 is 0.966 bits per heavy atom. The van der Waals surface area contributed by atoms with Crippen molar-refractivity contribution >= 4 is 5.96 Å². The number of benzene rings is 1. The van der Waals surface area contributed by atoms with E-state index < -0.39 is 0 Å². The third-order valence-corrected chi connectivity index (χ3v) is 6.42. The molecule has 2 aliphatic rings. The van der Waals surface area contributed by atoms with Crippen LogP contribution in [0.4, 0.5) is 0 Å². The molecule has 1 atom stereocenters. The molecule has 5 heteroatoms. The lowest BCUT2D eigenvalue weighted by molar-refractivity contribution is 0.158. The quantitative estimate of drug-likeness (QED) is 0.378. The van der Waals surface area contributed by atoms with Gasteiger partial charge in [0.1, 0.15) is 0 Å². The van der Waals surface area contributed by atoms with E-state index in [9.17, 15) is 0 Å². The van der Waals surface area contributed by atoms with Crippen molar-refractivity contribution in [3.8, 4) is 0 Å². The predicted octanol–water partition coefficient (Wildman–Crippen LogP) is 3.60. The highest BCUT2D eigenvalue weighted by Crippen LogP contribution is 2.16. The van der Waals surface area contributed by atoms with Crippen molar-refractivity contribution in [1.29, 1.82) is 0 Å². The van der Waals surface area contributed by atoms with Gasteiger partial charge < -0.3 is 15.5 Å². The first-order valence-corrected chi connectivity index (χ1v) is 11.7. The van der Waals surface area contributed by atoms with Crippen LogP contribution in [0.5, 0.6) is 0 Å². The van der Waals surface area contributed by atoms with Crippen LogP contribution in [0.25, 0.3) is 0 Å². The van der Waals surface area contributed by atoms with Crippen LogP contribution >= 0.6 is 0 Å². The van der Waals surface area contributed by atoms with E-state index in [1.165, 1.54) is 82.3 Å². The molecular weight excluding hydrogens is 358 g/mol. The summed E-state index contributed by atoms with van der Waals surface area (Å²) in [6.07, 6.45) is 9.30. The highest BCUT2D eigenvalue weighted by Gasteiger charge is 2.17. The van der Waals surface area contributed by atoms with Gasteiger partial charge in [-0.05, 0) is 82.8 Å². The van der Waals surface area contributed by atoms with Gasteiger partial charge in [-0.25, -0.2) is 0 Å². The zero-order chi connectivity index (χ0) is 20.3. The molecule has 0 bridgehead atoms. The Bertz CT molecular complexity index is 606. The van der Waals surface area contributed by atoms with Gasteiger partial charge in [-0.1, -0.05) is 30.7 Å². The number of piperidine rings is 1. The Labute approximate surface area is 178 Å². The molecule has 5 nitrogen and oxygen atoms in total. The number of guanidine groups is 1. The van der Waals surface area contributed by atoms with Gasteiger partial charge in [0.05, 0.1) is 0 Å². The minimum Gasteiger partial charge on any atom is -0.356 e. The molecule has 0 spiro atoms. The molecule has 3 rings (SSSR count). The summed E-state index contributed by atoms with van der Waals surface area (Å²) >= 11 is 0. The molecule has 0 radical (unpaired) electrons. The average Bonchev–Trinajstić information content (AvgIpc) is 3.25. The molecule has 1 unspecified atom stereocenters. The second-order valence-corrected chi connectivity index (χ2v) is 8.74. The summed E-state index contributed by atoms with van der Waals surface area (Å²) in [5, 5.41) is 6.91. The van der Waals surface area contributed by atoms with Gasteiger partial charge in [0.15, 0.2) is 5.96 Å². The second-order valence-electron chi connectivity index (χ2n) is 8.74. The molecule has 2 fully saturated rings. The molecule has 1 aromatic rings. The van der Waals surface area contributed by atoms with Crippen molar-refractivity contribution in [2.24, 2.45) is 4.99 Å². The van der Waals surface area contributed by atoms with Crippen molar-refractivity contribution in [3.63, 3.8) is 0 Å². The topological polar surface area (TPSA) is 42.9 Å². The molecule has 29 heavy (non-hydrogen) atoms. The van der Waals surface area contributed by atoms with E-state index in [-0.39, 0.29) is 0 Å². The van der Waals surface area contributed by atoms with E-state index >= 15 is 0 Å². The molecule has 0 saturated carbocycles. The summed E-state index contributed by atoms with van der Waals surface area (Å²) in [4.78, 5) is 9.57. The van der Waals surface area contributed by atoms with Crippen molar-refractivity contribution < 1.29 is 0 Å². The lowest BCUT2D eigenvalue weighted by atomic mass is 10.0. The smallest absolute Gasteiger partial charge is 0.191 e. The number of aliphatic imine (C=N–C) groups is 1. The van der Waals surface area contributed by atoms with Gasteiger partial charge in [-0.15, -0.1) is 0 Å². The Kier molecular flexibility index (Phi) is 9.29. The number of hydrogen-bond donors (Lipinski definition) is 2. The maximum Gasteiger partial charge on any atom is 0.191 e. The lowest BCUT2D eigenvalue weighted by Gasteiger charge is -2.33. The number of hydrogen-bond acceptors (Lipinski definition) is 3. The van der Waals surface area contributed by atoms with Crippen molar-refractivity contribution in [2.75, 3.05) is 39.8 Å². The van der Waals surface area contributed by atoms with Crippen LogP contribution in [-0.4, -0.2) is 61.6 Å². The first kappa shape index (κ1) is 22.1. The lowest BCUT2D eigenvalue weighted by Crippen LogP contribution is -2.39. The van der Waals surface area contributed by atoms with Gasteiger partial charge in [0.2, 0.25) is 0 Å². The highest BCUT2D eigenvalue weighted by atomic mass is 15.2. The van der Waals surface area contributed by atoms with Gasteiger partial charge in [-0.2, -0.15) is 0 Å². The maximum absolute atomic E-state index is 4.37. The minimum atomic E-state index is 0.771. The number of nitrogens with one attached hydrogen (secondary N) is 2. The molecule has 162 valence electrons. The van der Waals surface area contributed by atoms with E-state index in [1.54, 1.807) is 0 Å². The molecule has 2 aliphatic heterocycles. The van der Waals surface area contributed by atoms with E-state index in [0.717, 1.165) is 31.6 Å². The van der Waals surface area contributed by atoms with Crippen LogP contribution in [-0.2, 0) is 13.1 Å². The Morgan fingerprint density at radius 2 is 1.69 bits per heavy atom. The third kappa shape index (κ3) is 7.63. The Hall–Kier alpha value is -1.59. The third-order valence-electron chi connectivity index (χ3n) is 6.42. The number of likely N-dealkylation sites (tertiary alicyclic amines) is 2. The van der Waals surface area contributed by atoms with Gasteiger partial charge >= 0.3 is 0 Å². The Morgan fingerprint density at radius 3 is 2.41 bits per heavy atom. The van der Waals surface area contributed by atoms with Crippen molar-refractivity contribution in [3.05, 3.63) is 35.4 Å². The summed E-state index contributed by atoms with van der Waals surface area (Å²) in [6.45, 7) is 10.3. The first-order chi connectivity index (χ1) is 14.2. The highest BCUT2D eigenvalue weighted by molar-refractivity contribution is 5.79. The van der Waals surface area contributed by atoms with Crippen molar-refractivity contribution in [1.82, 2.24) is 20.4 Å². The van der Waals surface area contributed by atoms with Crippen molar-refractivity contribution in [2.45, 2.75) is 71.0 Å². The van der Waals surface area contributed by atoms with Crippen LogP contribution in [0.15, 0.2) is 29.3 Å². The molecule has 2 heterocycles. The predicted molar refractivity (Wildman–Crippen MR) is 123 cm³/mol. The normalized spacial score (nSPS) is 21.4. The molecule has 2 N–H and O–H groups in total. The number of nitrogens with zero attached hydrogens (tertiary/aromatic N) is 3. The molecule has 0 amide bonds. The fraction of sp³-hybridized carbons (Fsp3) is 0.708. The van der Waals surface area contributed by atoms with E-state index in [2.05, 4.69) is 56.6 Å². The summed E-state index contributed by atoms with van der Waals surface area (Å²) in [7, 11) is 1.85. The molecule has 2 saturated heterocycles. The fourth-order valence-electron chi connectivity index (χ4n) is 4.50. The van der Waals surface area contributed by atoms with Crippen LogP contribution in [0.3, 0.4) is 0 Å². The van der Waals surface area contributed by atoms with Gasteiger partial charge in [0, 0.05) is 32.7 Å². The van der Waals surface area contributed by atoms with Gasteiger partial charge in [0.25, 0.3) is 0 Å². The summed E-state index contributed by atoms with van der Waals surface area (Å²) in [5.41, 5.74) is 2.72. The van der Waals surface area contributed by atoms with Crippen LogP contribution in [0, 0.1) is 0 Å². The number of unbranched alkanes of at least 4 members (excludes halogenated alkanes) is 1. The van der Waals surface area contributed by atoms with E-state index in [0.29, 0.717) is 0 Å². The zero-order valence-corrected chi connectivity index (χ0v) is 18.6. The monoisotopic (exact) mass is 399 g/mol. The van der Waals surface area contributed by atoms with Crippen LogP contribution < -0.4 is 10.6 Å². The standard InChI is InChI=1S/C24H41N5/c1-21-9-3-5-17-29(21)18-6-4-14-26-24(25-2)27-19-22-10-12-23(13-11-22)20-28-15-7-8-16-28/h10-13,21H,3-9,14-20H2,1-2H3,(H2,25,26,27). The summed E-state index contributed by atoms with van der Waals surface area (Å²) in [6, 6.07) is 9.80. The summed E-state index contributed by atoms with van der Waals surface area (Å²) < 4.78 is 0. The second kappa shape index (κ2) is 12.2. The molecule has 0 aliphatic carbocycles. The van der Waals surface area contributed by atoms with E-state index in [4.69, 9.17) is 0 Å².